The molecular weight excluding hydrogens is 400 g/mol. The van der Waals surface area contributed by atoms with Crippen molar-refractivity contribution in [2.24, 2.45) is 5.92 Å². The summed E-state index contributed by atoms with van der Waals surface area (Å²) in [6, 6.07) is 6.17. The Bertz CT molecular complexity index is 1150. The van der Waals surface area contributed by atoms with Crippen LogP contribution in [0.15, 0.2) is 30.7 Å². The van der Waals surface area contributed by atoms with Gasteiger partial charge in [0.15, 0.2) is 0 Å². The fraction of sp³-hybridized carbons (Fsp3) is 0.458. The van der Waals surface area contributed by atoms with E-state index in [1.165, 1.54) is 19.3 Å². The highest BCUT2D eigenvalue weighted by Gasteiger charge is 2.21. The van der Waals surface area contributed by atoms with Gasteiger partial charge in [-0.15, -0.1) is 0 Å². The van der Waals surface area contributed by atoms with Crippen LogP contribution in [0.1, 0.15) is 38.2 Å². The highest BCUT2D eigenvalue weighted by Crippen LogP contribution is 2.32. The number of anilines is 4. The SMILES string of the molecule is CC1CCCN(c2nccc(Nc3cc4c(CCC#N)cnc(N5CCC5)c4cn3)n2)C1. The van der Waals surface area contributed by atoms with Gasteiger partial charge in [0.1, 0.15) is 17.5 Å². The van der Waals surface area contributed by atoms with Crippen LogP contribution >= 0.6 is 0 Å². The van der Waals surface area contributed by atoms with Crippen LogP contribution in [0.4, 0.5) is 23.4 Å². The minimum absolute atomic E-state index is 0.467. The van der Waals surface area contributed by atoms with Gasteiger partial charge in [-0.3, -0.25) is 0 Å². The molecule has 0 bridgehead atoms. The Balaban J connectivity index is 1.44. The largest absolute Gasteiger partial charge is 0.356 e. The van der Waals surface area contributed by atoms with Crippen LogP contribution in [0.2, 0.25) is 0 Å². The van der Waals surface area contributed by atoms with Crippen molar-refractivity contribution >= 4 is 34.2 Å². The van der Waals surface area contributed by atoms with Gasteiger partial charge in [-0.2, -0.15) is 10.2 Å². The van der Waals surface area contributed by atoms with Crippen molar-refractivity contribution in [2.75, 3.05) is 41.3 Å². The average Bonchev–Trinajstić information content (AvgIpc) is 2.77. The fourth-order valence-electron chi connectivity index (χ4n) is 4.49. The number of hydrogen-bond donors (Lipinski definition) is 1. The molecule has 1 unspecified atom stereocenters. The normalized spacial score (nSPS) is 18.3. The third kappa shape index (κ3) is 4.15. The standard InChI is InChI=1S/C24H28N8/c1-17-5-3-10-32(16-17)24-26-9-7-21(30-24)29-22-13-19-18(6-2-8-25)14-28-23(20(19)15-27-22)31-11-4-12-31/h7,9,13-15,17H,2-6,10-12,16H2,1H3,(H,26,27,29,30). The van der Waals surface area contributed by atoms with Crippen LogP contribution in [0.3, 0.4) is 0 Å². The molecule has 0 aromatic carbocycles. The number of pyridine rings is 2. The van der Waals surface area contributed by atoms with Crippen LogP contribution in [0.5, 0.6) is 0 Å². The molecule has 0 spiro atoms. The molecule has 5 heterocycles. The lowest BCUT2D eigenvalue weighted by Gasteiger charge is -2.33. The zero-order valence-corrected chi connectivity index (χ0v) is 18.5. The van der Waals surface area contributed by atoms with Crippen LogP contribution in [-0.4, -0.2) is 46.1 Å². The van der Waals surface area contributed by atoms with E-state index < -0.39 is 0 Å². The molecular formula is C24H28N8. The molecule has 2 fully saturated rings. The molecule has 1 atom stereocenters. The summed E-state index contributed by atoms with van der Waals surface area (Å²) in [4.78, 5) is 23.1. The number of nitrogens with zero attached hydrogens (tertiary/aromatic N) is 7. The van der Waals surface area contributed by atoms with Crippen molar-refractivity contribution in [3.05, 3.63) is 36.3 Å². The third-order valence-corrected chi connectivity index (χ3v) is 6.33. The van der Waals surface area contributed by atoms with Crippen LogP contribution < -0.4 is 15.1 Å². The first-order chi connectivity index (χ1) is 15.7. The Morgan fingerprint density at radius 1 is 1.06 bits per heavy atom. The van der Waals surface area contributed by atoms with Gasteiger partial charge in [-0.25, -0.2) is 15.0 Å². The number of nitrogens with one attached hydrogen (secondary N) is 1. The molecule has 0 aliphatic carbocycles. The van der Waals surface area contributed by atoms with E-state index in [-0.39, 0.29) is 0 Å². The second kappa shape index (κ2) is 8.95. The Hall–Kier alpha value is -3.47. The van der Waals surface area contributed by atoms with Crippen molar-refractivity contribution < 1.29 is 0 Å². The number of aromatic nitrogens is 4. The molecule has 0 saturated carbocycles. The third-order valence-electron chi connectivity index (χ3n) is 6.33. The highest BCUT2D eigenvalue weighted by molar-refractivity contribution is 5.95. The topological polar surface area (TPSA) is 93.9 Å². The van der Waals surface area contributed by atoms with Gasteiger partial charge in [0, 0.05) is 56.6 Å². The summed E-state index contributed by atoms with van der Waals surface area (Å²) in [5.74, 6) is 3.87. The van der Waals surface area contributed by atoms with E-state index in [1.54, 1.807) is 6.20 Å². The maximum absolute atomic E-state index is 9.07. The maximum Gasteiger partial charge on any atom is 0.227 e. The molecule has 8 heteroatoms. The first-order valence-electron chi connectivity index (χ1n) is 11.5. The van der Waals surface area contributed by atoms with Crippen molar-refractivity contribution in [1.82, 2.24) is 19.9 Å². The summed E-state index contributed by atoms with van der Waals surface area (Å²) in [6.45, 7) is 6.32. The van der Waals surface area contributed by atoms with E-state index in [0.717, 1.165) is 65.9 Å². The summed E-state index contributed by atoms with van der Waals surface area (Å²) in [5.41, 5.74) is 1.07. The summed E-state index contributed by atoms with van der Waals surface area (Å²) in [7, 11) is 0. The first-order valence-corrected chi connectivity index (χ1v) is 11.5. The highest BCUT2D eigenvalue weighted by atomic mass is 15.3. The summed E-state index contributed by atoms with van der Waals surface area (Å²) >= 11 is 0. The van der Waals surface area contributed by atoms with Crippen molar-refractivity contribution in [3.63, 3.8) is 0 Å². The van der Waals surface area contributed by atoms with Gasteiger partial charge in [-0.05, 0) is 54.7 Å². The monoisotopic (exact) mass is 428 g/mol. The number of rotatable bonds is 6. The second-order valence-electron chi connectivity index (χ2n) is 8.78. The smallest absolute Gasteiger partial charge is 0.227 e. The summed E-state index contributed by atoms with van der Waals surface area (Å²) in [5, 5.41) is 14.6. The number of piperidine rings is 1. The zero-order chi connectivity index (χ0) is 21.9. The number of hydrogen-bond acceptors (Lipinski definition) is 8. The van der Waals surface area contributed by atoms with E-state index in [9.17, 15) is 0 Å². The lowest BCUT2D eigenvalue weighted by atomic mass is 10.0. The molecule has 32 heavy (non-hydrogen) atoms. The Morgan fingerprint density at radius 2 is 1.94 bits per heavy atom. The molecule has 0 amide bonds. The zero-order valence-electron chi connectivity index (χ0n) is 18.5. The van der Waals surface area contributed by atoms with Gasteiger partial charge < -0.3 is 15.1 Å². The predicted molar refractivity (Wildman–Crippen MR) is 126 cm³/mol. The fourth-order valence-corrected chi connectivity index (χ4v) is 4.49. The molecule has 2 aliphatic heterocycles. The molecule has 8 nitrogen and oxygen atoms in total. The van der Waals surface area contributed by atoms with Crippen LogP contribution in [0.25, 0.3) is 10.8 Å². The Kier molecular flexibility index (Phi) is 5.71. The predicted octanol–water partition coefficient (Wildman–Crippen LogP) is 4.07. The van der Waals surface area contributed by atoms with E-state index in [4.69, 9.17) is 15.2 Å². The van der Waals surface area contributed by atoms with E-state index in [2.05, 4.69) is 44.1 Å². The van der Waals surface area contributed by atoms with Crippen molar-refractivity contribution in [3.8, 4) is 6.07 Å². The minimum Gasteiger partial charge on any atom is -0.356 e. The molecule has 2 saturated heterocycles. The minimum atomic E-state index is 0.467. The molecule has 2 aliphatic rings. The lowest BCUT2D eigenvalue weighted by molar-refractivity contribution is 0.442. The lowest BCUT2D eigenvalue weighted by Crippen LogP contribution is -2.37. The van der Waals surface area contributed by atoms with Crippen LogP contribution in [0, 0.1) is 17.2 Å². The Labute approximate surface area is 188 Å². The molecule has 164 valence electrons. The van der Waals surface area contributed by atoms with Crippen molar-refractivity contribution in [1.29, 1.82) is 5.26 Å². The molecule has 0 radical (unpaired) electrons. The quantitative estimate of drug-likeness (QED) is 0.628. The number of nitriles is 1. The summed E-state index contributed by atoms with van der Waals surface area (Å²) in [6.07, 6.45) is 10.4. The molecule has 5 rings (SSSR count). The first kappa shape index (κ1) is 20.4. The van der Waals surface area contributed by atoms with Gasteiger partial charge >= 0.3 is 0 Å². The van der Waals surface area contributed by atoms with Gasteiger partial charge in [0.2, 0.25) is 5.95 Å². The Morgan fingerprint density at radius 3 is 2.72 bits per heavy atom. The van der Waals surface area contributed by atoms with Gasteiger partial charge in [0.25, 0.3) is 0 Å². The van der Waals surface area contributed by atoms with E-state index in [0.29, 0.717) is 18.8 Å². The van der Waals surface area contributed by atoms with Crippen molar-refractivity contribution in [2.45, 2.75) is 39.0 Å². The van der Waals surface area contributed by atoms with Crippen LogP contribution in [-0.2, 0) is 6.42 Å². The summed E-state index contributed by atoms with van der Waals surface area (Å²) < 4.78 is 0. The molecule has 1 N–H and O–H groups in total. The molecule has 3 aromatic heterocycles. The maximum atomic E-state index is 9.07. The van der Waals surface area contributed by atoms with Gasteiger partial charge in [0.05, 0.1) is 6.07 Å². The molecule has 3 aromatic rings. The average molecular weight is 429 g/mol. The second-order valence-corrected chi connectivity index (χ2v) is 8.78. The van der Waals surface area contributed by atoms with Gasteiger partial charge in [-0.1, -0.05) is 6.92 Å². The number of aryl methyl sites for hydroxylation is 1. The van der Waals surface area contributed by atoms with E-state index >= 15 is 0 Å². The van der Waals surface area contributed by atoms with E-state index in [1.807, 2.05) is 18.5 Å². The number of fused-ring (bicyclic) bond motifs is 1.